The molecule has 0 rings (SSSR count). The first-order valence-electron chi connectivity index (χ1n) is 22.1. The van der Waals surface area contributed by atoms with Gasteiger partial charge in [-0.15, -0.1) is 0 Å². The Morgan fingerprint density at radius 3 is 1.22 bits per heavy atom. The molecule has 1 amide bonds. The first-order valence-corrected chi connectivity index (χ1v) is 22.1. The third-order valence-corrected chi connectivity index (χ3v) is 10.3. The molecule has 0 bridgehead atoms. The van der Waals surface area contributed by atoms with Crippen LogP contribution in [0.1, 0.15) is 232 Å². The van der Waals surface area contributed by atoms with Gasteiger partial charge in [-0.25, -0.2) is 0 Å². The monoisotopic (exact) mass is 706 g/mol. The zero-order valence-electron chi connectivity index (χ0n) is 33.5. The van der Waals surface area contributed by atoms with Gasteiger partial charge in [-0.05, 0) is 51.4 Å². The molecule has 0 aliphatic heterocycles. The second-order valence-corrected chi connectivity index (χ2v) is 15.2. The number of hydrogen-bond acceptors (Lipinski definition) is 4. The summed E-state index contributed by atoms with van der Waals surface area (Å²) in [6.07, 6.45) is 48.6. The molecule has 0 fully saturated rings. The molecule has 0 saturated carbocycles. The maximum absolute atomic E-state index is 12.4. The van der Waals surface area contributed by atoms with Crippen molar-refractivity contribution in [1.29, 1.82) is 0 Å². The van der Waals surface area contributed by atoms with Crippen LogP contribution in [0.4, 0.5) is 0 Å². The van der Waals surface area contributed by atoms with Crippen molar-refractivity contribution >= 4 is 5.91 Å². The number of nitrogens with one attached hydrogen (secondary N) is 1. The van der Waals surface area contributed by atoms with Gasteiger partial charge >= 0.3 is 0 Å². The summed E-state index contributed by atoms with van der Waals surface area (Å²) in [6, 6.07) is -0.828. The first-order chi connectivity index (χ1) is 24.6. The number of carbonyl (C=O) groups excluding carboxylic acids is 1. The summed E-state index contributed by atoms with van der Waals surface area (Å²) in [5.41, 5.74) is 0. The van der Waals surface area contributed by atoms with Crippen LogP contribution in [-0.4, -0.2) is 46.1 Å². The van der Waals surface area contributed by atoms with Crippen molar-refractivity contribution in [3.63, 3.8) is 0 Å². The number of aliphatic hydroxyl groups excluding tert-OH is 3. The Labute approximate surface area is 312 Å². The predicted molar refractivity (Wildman–Crippen MR) is 218 cm³/mol. The van der Waals surface area contributed by atoms with Crippen molar-refractivity contribution < 1.29 is 20.1 Å². The minimum absolute atomic E-state index is 0.155. The number of unbranched alkanes of at least 4 members (excludes halogenated alkanes) is 28. The van der Waals surface area contributed by atoms with E-state index >= 15 is 0 Å². The van der Waals surface area contributed by atoms with Crippen LogP contribution in [0.3, 0.4) is 0 Å². The highest BCUT2D eigenvalue weighted by Crippen LogP contribution is 2.16. The number of carbonyl (C=O) groups is 1. The molecule has 0 heterocycles. The van der Waals surface area contributed by atoms with E-state index in [2.05, 4.69) is 43.5 Å². The minimum atomic E-state index is -1.16. The van der Waals surface area contributed by atoms with Gasteiger partial charge in [-0.2, -0.15) is 0 Å². The summed E-state index contributed by atoms with van der Waals surface area (Å²) in [5.74, 6) is -0.155. The molecule has 0 aliphatic rings. The van der Waals surface area contributed by atoms with E-state index in [1.54, 1.807) is 0 Å². The van der Waals surface area contributed by atoms with Gasteiger partial charge in [0.15, 0.2) is 0 Å². The summed E-state index contributed by atoms with van der Waals surface area (Å²) in [4.78, 5) is 12.4. The molecule has 0 radical (unpaired) electrons. The Kier molecular flexibility index (Phi) is 39.6. The van der Waals surface area contributed by atoms with Crippen molar-refractivity contribution in [3.8, 4) is 0 Å². The van der Waals surface area contributed by atoms with Crippen LogP contribution in [0.25, 0.3) is 0 Å². The van der Waals surface area contributed by atoms with Gasteiger partial charge < -0.3 is 20.6 Å². The van der Waals surface area contributed by atoms with E-state index in [4.69, 9.17) is 0 Å². The second kappa shape index (κ2) is 40.6. The van der Waals surface area contributed by atoms with Gasteiger partial charge in [0.05, 0.1) is 18.8 Å². The van der Waals surface area contributed by atoms with Gasteiger partial charge in [-0.1, -0.05) is 199 Å². The smallest absolute Gasteiger partial charge is 0.220 e. The SMILES string of the molecule is CCCCCCCC/C=C/CC/C=C/CCCC(O)C(O)C(CO)NC(=O)CCCCCCCCCCCCCCCCCCCCCCC. The topological polar surface area (TPSA) is 89.8 Å². The molecular weight excluding hydrogens is 618 g/mol. The zero-order chi connectivity index (χ0) is 36.6. The van der Waals surface area contributed by atoms with Crippen LogP contribution < -0.4 is 5.32 Å². The molecular formula is C45H87NO4. The fraction of sp³-hybridized carbons (Fsp3) is 0.889. The molecule has 0 aromatic carbocycles. The summed E-state index contributed by atoms with van der Waals surface area (Å²) in [5, 5.41) is 33.5. The highest BCUT2D eigenvalue weighted by atomic mass is 16.3. The van der Waals surface area contributed by atoms with E-state index in [9.17, 15) is 20.1 Å². The molecule has 0 aliphatic carbocycles. The van der Waals surface area contributed by atoms with Gasteiger partial charge in [0.1, 0.15) is 6.10 Å². The predicted octanol–water partition coefficient (Wildman–Crippen LogP) is 12.6. The van der Waals surface area contributed by atoms with Crippen LogP contribution in [0, 0.1) is 0 Å². The molecule has 3 unspecified atom stereocenters. The Bertz CT molecular complexity index is 739. The van der Waals surface area contributed by atoms with E-state index in [1.165, 1.54) is 161 Å². The first kappa shape index (κ1) is 48.8. The van der Waals surface area contributed by atoms with E-state index in [0.717, 1.165) is 44.9 Å². The summed E-state index contributed by atoms with van der Waals surface area (Å²) in [6.45, 7) is 4.16. The average Bonchev–Trinajstić information content (AvgIpc) is 3.12. The molecule has 0 aromatic heterocycles. The molecule has 5 nitrogen and oxygen atoms in total. The maximum Gasteiger partial charge on any atom is 0.220 e. The lowest BCUT2D eigenvalue weighted by Crippen LogP contribution is -2.50. The lowest BCUT2D eigenvalue weighted by molar-refractivity contribution is -0.124. The van der Waals surface area contributed by atoms with E-state index in [0.29, 0.717) is 12.8 Å². The molecule has 3 atom stereocenters. The molecule has 0 saturated heterocycles. The average molecular weight is 706 g/mol. The highest BCUT2D eigenvalue weighted by molar-refractivity contribution is 5.76. The Morgan fingerprint density at radius 2 is 0.820 bits per heavy atom. The van der Waals surface area contributed by atoms with Crippen LogP contribution in [0.2, 0.25) is 0 Å². The fourth-order valence-electron chi connectivity index (χ4n) is 6.83. The fourth-order valence-corrected chi connectivity index (χ4v) is 6.83. The third kappa shape index (κ3) is 35.2. The maximum atomic E-state index is 12.4. The van der Waals surface area contributed by atoms with Crippen LogP contribution in [-0.2, 0) is 4.79 Å². The van der Waals surface area contributed by atoms with Gasteiger partial charge in [0.2, 0.25) is 5.91 Å². The zero-order valence-corrected chi connectivity index (χ0v) is 33.5. The lowest BCUT2D eigenvalue weighted by Gasteiger charge is -2.26. The molecule has 0 spiro atoms. The van der Waals surface area contributed by atoms with Crippen molar-refractivity contribution in [3.05, 3.63) is 24.3 Å². The molecule has 296 valence electrons. The van der Waals surface area contributed by atoms with Gasteiger partial charge in [0.25, 0.3) is 0 Å². The number of amides is 1. The van der Waals surface area contributed by atoms with Crippen molar-refractivity contribution in [2.45, 2.75) is 250 Å². The summed E-state index contributed by atoms with van der Waals surface area (Å²) in [7, 11) is 0. The molecule has 0 aromatic rings. The number of rotatable bonds is 40. The summed E-state index contributed by atoms with van der Waals surface area (Å²) >= 11 is 0. The van der Waals surface area contributed by atoms with E-state index in [1.807, 2.05) is 0 Å². The number of aliphatic hydroxyl groups is 3. The van der Waals surface area contributed by atoms with Crippen molar-refractivity contribution in [2.24, 2.45) is 0 Å². The Balaban J connectivity index is 3.64. The standard InChI is InChI=1S/C45H87NO4/c1-3-5-7-9-11-13-15-17-19-20-21-22-23-24-26-28-30-32-34-36-38-40-44(49)46-42(41-47)45(50)43(48)39-37-35-33-31-29-27-25-18-16-14-12-10-8-6-4-2/h18,25,31,33,42-43,45,47-48,50H,3-17,19-24,26-30,32,34-41H2,1-2H3,(H,46,49)/b25-18+,33-31+. The van der Waals surface area contributed by atoms with Crippen LogP contribution in [0.5, 0.6) is 0 Å². The van der Waals surface area contributed by atoms with E-state index in [-0.39, 0.29) is 12.5 Å². The van der Waals surface area contributed by atoms with Crippen molar-refractivity contribution in [2.75, 3.05) is 6.61 Å². The molecule has 50 heavy (non-hydrogen) atoms. The van der Waals surface area contributed by atoms with Gasteiger partial charge in [0, 0.05) is 6.42 Å². The minimum Gasteiger partial charge on any atom is -0.394 e. The third-order valence-electron chi connectivity index (χ3n) is 10.3. The Morgan fingerprint density at radius 1 is 0.480 bits per heavy atom. The van der Waals surface area contributed by atoms with E-state index < -0.39 is 18.2 Å². The lowest BCUT2D eigenvalue weighted by atomic mass is 10.0. The van der Waals surface area contributed by atoms with Gasteiger partial charge in [-0.3, -0.25) is 4.79 Å². The quantitative estimate of drug-likeness (QED) is 0.0377. The summed E-state index contributed by atoms with van der Waals surface area (Å²) < 4.78 is 0. The Hall–Kier alpha value is -1.17. The number of allylic oxidation sites excluding steroid dienone is 4. The normalized spacial score (nSPS) is 13.8. The van der Waals surface area contributed by atoms with Crippen LogP contribution in [0.15, 0.2) is 24.3 Å². The number of hydrogen-bond donors (Lipinski definition) is 4. The highest BCUT2D eigenvalue weighted by Gasteiger charge is 2.26. The molecule has 5 heteroatoms. The second-order valence-electron chi connectivity index (χ2n) is 15.2. The van der Waals surface area contributed by atoms with Crippen LogP contribution >= 0.6 is 0 Å². The molecule has 4 N–H and O–H groups in total. The van der Waals surface area contributed by atoms with Crippen molar-refractivity contribution in [1.82, 2.24) is 5.32 Å². The largest absolute Gasteiger partial charge is 0.394 e.